The molecule has 0 saturated heterocycles. The van der Waals surface area contributed by atoms with Crippen LogP contribution in [0.4, 0.5) is 0 Å². The summed E-state index contributed by atoms with van der Waals surface area (Å²) >= 11 is 0. The van der Waals surface area contributed by atoms with Crippen LogP contribution >= 0.6 is 24.0 Å². The number of ether oxygens (including phenoxy) is 2. The maximum atomic E-state index is 5.88. The highest BCUT2D eigenvalue weighted by atomic mass is 127. The highest BCUT2D eigenvalue weighted by Gasteiger charge is 2.01. The topological polar surface area (TPSA) is 54.9 Å². The van der Waals surface area contributed by atoms with Gasteiger partial charge in [-0.3, -0.25) is 4.99 Å². The predicted molar refractivity (Wildman–Crippen MR) is 122 cm³/mol. The number of aliphatic imine (C=N–C) groups is 1. The lowest BCUT2D eigenvalue weighted by Gasteiger charge is -2.13. The Hall–Kier alpha value is -1.80. The fourth-order valence-electron chi connectivity index (χ4n) is 2.42. The number of halogens is 1. The van der Waals surface area contributed by atoms with Crippen LogP contribution in [0.25, 0.3) is 0 Å². The maximum Gasteiger partial charge on any atom is 0.191 e. The second kappa shape index (κ2) is 14.3. The minimum atomic E-state index is 0. The van der Waals surface area contributed by atoms with Crippen molar-refractivity contribution in [3.63, 3.8) is 0 Å². The Kier molecular flexibility index (Phi) is 12.3. The van der Waals surface area contributed by atoms with E-state index in [0.717, 1.165) is 49.0 Å². The van der Waals surface area contributed by atoms with Crippen LogP contribution in [0.3, 0.4) is 0 Å². The van der Waals surface area contributed by atoms with E-state index in [9.17, 15) is 0 Å². The number of benzene rings is 2. The van der Waals surface area contributed by atoms with Gasteiger partial charge >= 0.3 is 0 Å². The third-order valence-corrected chi connectivity index (χ3v) is 3.79. The summed E-state index contributed by atoms with van der Waals surface area (Å²) < 4.78 is 11.2. The predicted octanol–water partition coefficient (Wildman–Crippen LogP) is 3.98. The monoisotopic (exact) mass is 483 g/mol. The average Bonchev–Trinajstić information content (AvgIpc) is 2.69. The number of nitrogens with one attached hydrogen (secondary N) is 2. The van der Waals surface area contributed by atoms with Gasteiger partial charge < -0.3 is 20.1 Å². The van der Waals surface area contributed by atoms with E-state index >= 15 is 0 Å². The molecular weight excluding hydrogens is 453 g/mol. The normalized spacial score (nSPS) is 10.8. The zero-order chi connectivity index (χ0) is 18.5. The SMILES string of the molecule is CCOCCCNC(=NC)NCc1cccc(OCc2ccccc2)c1.I. The molecule has 0 spiro atoms. The Labute approximate surface area is 179 Å². The van der Waals surface area contributed by atoms with Crippen LogP contribution in [-0.2, 0) is 17.9 Å². The Morgan fingerprint density at radius 3 is 2.52 bits per heavy atom. The summed E-state index contributed by atoms with van der Waals surface area (Å²) in [4.78, 5) is 4.24. The van der Waals surface area contributed by atoms with Crippen molar-refractivity contribution in [2.24, 2.45) is 4.99 Å². The van der Waals surface area contributed by atoms with Crippen molar-refractivity contribution in [1.29, 1.82) is 0 Å². The zero-order valence-corrected chi connectivity index (χ0v) is 18.4. The van der Waals surface area contributed by atoms with Crippen molar-refractivity contribution in [2.45, 2.75) is 26.5 Å². The second-order valence-electron chi connectivity index (χ2n) is 5.82. The van der Waals surface area contributed by atoms with Crippen molar-refractivity contribution in [3.8, 4) is 5.75 Å². The van der Waals surface area contributed by atoms with Gasteiger partial charge in [0.2, 0.25) is 0 Å². The standard InChI is InChI=1S/C21H29N3O2.HI/c1-3-25-14-8-13-23-21(22-2)24-16-19-11-7-12-20(15-19)26-17-18-9-5-4-6-10-18;/h4-7,9-12,15H,3,8,13-14,16-17H2,1-2H3,(H2,22,23,24);1H. The molecule has 2 rings (SSSR count). The average molecular weight is 483 g/mol. The van der Waals surface area contributed by atoms with Crippen molar-refractivity contribution >= 4 is 29.9 Å². The van der Waals surface area contributed by atoms with E-state index in [2.05, 4.69) is 39.9 Å². The van der Waals surface area contributed by atoms with Crippen LogP contribution in [-0.4, -0.2) is 32.8 Å². The molecule has 0 unspecified atom stereocenters. The van der Waals surface area contributed by atoms with E-state index in [1.165, 1.54) is 0 Å². The van der Waals surface area contributed by atoms with Gasteiger partial charge in [0.1, 0.15) is 12.4 Å². The van der Waals surface area contributed by atoms with Crippen molar-refractivity contribution in [3.05, 3.63) is 65.7 Å². The molecule has 0 bridgehead atoms. The Bertz CT molecular complexity index is 665. The summed E-state index contributed by atoms with van der Waals surface area (Å²) in [6.45, 7) is 5.62. The van der Waals surface area contributed by atoms with Crippen LogP contribution < -0.4 is 15.4 Å². The molecule has 0 aromatic heterocycles. The fraction of sp³-hybridized carbons (Fsp3) is 0.381. The molecule has 2 N–H and O–H groups in total. The quantitative estimate of drug-likeness (QED) is 0.233. The van der Waals surface area contributed by atoms with E-state index in [1.807, 2.05) is 37.3 Å². The molecule has 0 radical (unpaired) electrons. The molecule has 2 aromatic rings. The molecular formula is C21H30IN3O2. The summed E-state index contributed by atoms with van der Waals surface area (Å²) in [5.74, 6) is 1.66. The lowest BCUT2D eigenvalue weighted by Crippen LogP contribution is -2.37. The molecule has 6 heteroatoms. The Morgan fingerprint density at radius 1 is 1.00 bits per heavy atom. The van der Waals surface area contributed by atoms with Crippen LogP contribution in [0.1, 0.15) is 24.5 Å². The summed E-state index contributed by atoms with van der Waals surface area (Å²) in [5.41, 5.74) is 2.31. The molecule has 0 saturated carbocycles. The number of nitrogens with zero attached hydrogens (tertiary/aromatic N) is 1. The lowest BCUT2D eigenvalue weighted by atomic mass is 10.2. The molecule has 0 atom stereocenters. The first-order chi connectivity index (χ1) is 12.8. The molecule has 0 aliphatic rings. The molecule has 0 amide bonds. The van der Waals surface area contributed by atoms with Crippen molar-refractivity contribution in [2.75, 3.05) is 26.8 Å². The largest absolute Gasteiger partial charge is 0.489 e. The van der Waals surface area contributed by atoms with Gasteiger partial charge in [-0.15, -0.1) is 24.0 Å². The van der Waals surface area contributed by atoms with Gasteiger partial charge in [-0.2, -0.15) is 0 Å². The smallest absolute Gasteiger partial charge is 0.191 e. The molecule has 2 aromatic carbocycles. The van der Waals surface area contributed by atoms with Crippen LogP contribution in [0.5, 0.6) is 5.75 Å². The van der Waals surface area contributed by atoms with Crippen molar-refractivity contribution < 1.29 is 9.47 Å². The van der Waals surface area contributed by atoms with Gasteiger partial charge in [0, 0.05) is 33.4 Å². The van der Waals surface area contributed by atoms with Gasteiger partial charge in [0.25, 0.3) is 0 Å². The van der Waals surface area contributed by atoms with E-state index in [0.29, 0.717) is 13.2 Å². The lowest BCUT2D eigenvalue weighted by molar-refractivity contribution is 0.145. The highest BCUT2D eigenvalue weighted by molar-refractivity contribution is 14.0. The fourth-order valence-corrected chi connectivity index (χ4v) is 2.42. The Morgan fingerprint density at radius 2 is 1.78 bits per heavy atom. The second-order valence-corrected chi connectivity index (χ2v) is 5.82. The van der Waals surface area contributed by atoms with Gasteiger partial charge in [0.05, 0.1) is 0 Å². The zero-order valence-electron chi connectivity index (χ0n) is 16.1. The van der Waals surface area contributed by atoms with Gasteiger partial charge in [-0.05, 0) is 36.6 Å². The summed E-state index contributed by atoms with van der Waals surface area (Å²) in [5, 5.41) is 6.61. The minimum Gasteiger partial charge on any atom is -0.489 e. The van der Waals surface area contributed by atoms with E-state index < -0.39 is 0 Å². The van der Waals surface area contributed by atoms with E-state index in [1.54, 1.807) is 7.05 Å². The molecule has 5 nitrogen and oxygen atoms in total. The maximum absolute atomic E-state index is 5.88. The third kappa shape index (κ3) is 9.63. The number of hydrogen-bond acceptors (Lipinski definition) is 3. The first-order valence-electron chi connectivity index (χ1n) is 9.09. The minimum absolute atomic E-state index is 0. The first kappa shape index (κ1) is 23.2. The molecule has 148 valence electrons. The first-order valence-corrected chi connectivity index (χ1v) is 9.09. The third-order valence-electron chi connectivity index (χ3n) is 3.79. The molecule has 0 aliphatic carbocycles. The van der Waals surface area contributed by atoms with Crippen LogP contribution in [0.2, 0.25) is 0 Å². The number of rotatable bonds is 10. The highest BCUT2D eigenvalue weighted by Crippen LogP contribution is 2.15. The van der Waals surface area contributed by atoms with Gasteiger partial charge in [-0.25, -0.2) is 0 Å². The molecule has 0 aliphatic heterocycles. The number of guanidine groups is 1. The molecule has 0 fully saturated rings. The molecule has 0 heterocycles. The Balaban J connectivity index is 0.00000364. The number of hydrogen-bond donors (Lipinski definition) is 2. The van der Waals surface area contributed by atoms with Gasteiger partial charge in [0.15, 0.2) is 5.96 Å². The van der Waals surface area contributed by atoms with Crippen LogP contribution in [0.15, 0.2) is 59.6 Å². The summed E-state index contributed by atoms with van der Waals surface area (Å²) in [7, 11) is 1.78. The molecule has 27 heavy (non-hydrogen) atoms. The van der Waals surface area contributed by atoms with Crippen LogP contribution in [0, 0.1) is 0 Å². The van der Waals surface area contributed by atoms with E-state index in [-0.39, 0.29) is 24.0 Å². The van der Waals surface area contributed by atoms with Gasteiger partial charge in [-0.1, -0.05) is 42.5 Å². The summed E-state index contributed by atoms with van der Waals surface area (Å²) in [6.07, 6.45) is 0.956. The summed E-state index contributed by atoms with van der Waals surface area (Å²) in [6, 6.07) is 18.3. The van der Waals surface area contributed by atoms with Crippen molar-refractivity contribution in [1.82, 2.24) is 10.6 Å². The van der Waals surface area contributed by atoms with E-state index in [4.69, 9.17) is 9.47 Å².